The summed E-state index contributed by atoms with van der Waals surface area (Å²) >= 11 is 0. The molecule has 7 nitrogen and oxygen atoms in total. The van der Waals surface area contributed by atoms with Crippen LogP contribution in [0, 0.1) is 11.3 Å². The maximum atomic E-state index is 8.89. The molecule has 1 saturated heterocycles. The van der Waals surface area contributed by atoms with Gasteiger partial charge in [-0.05, 0) is 18.6 Å². The molecule has 0 aromatic carbocycles. The molecule has 1 aliphatic rings. The first-order valence-corrected chi connectivity index (χ1v) is 7.29. The quantitative estimate of drug-likeness (QED) is 0.726. The highest BCUT2D eigenvalue weighted by Gasteiger charge is 2.25. The third-order valence-corrected chi connectivity index (χ3v) is 4.10. The maximum Gasteiger partial charge on any atom is 0.160 e. The molecule has 110 valence electrons. The molecule has 0 N–H and O–H groups in total. The van der Waals surface area contributed by atoms with E-state index in [1.165, 1.54) is 0 Å². The van der Waals surface area contributed by atoms with Gasteiger partial charge in [-0.3, -0.25) is 14.0 Å². The number of rotatable bonds is 3. The van der Waals surface area contributed by atoms with E-state index in [4.69, 9.17) is 5.26 Å². The predicted molar refractivity (Wildman–Crippen MR) is 78.9 cm³/mol. The Balaban J connectivity index is 1.48. The minimum Gasteiger partial charge on any atom is -0.294 e. The normalized spacial score (nSPS) is 18.8. The van der Waals surface area contributed by atoms with Crippen molar-refractivity contribution in [1.29, 1.82) is 5.26 Å². The number of hydrogen-bond acceptors (Lipinski definition) is 5. The minimum absolute atomic E-state index is 0.321. The molecule has 3 aromatic rings. The molecule has 0 amide bonds. The Kier molecular flexibility index (Phi) is 3.09. The van der Waals surface area contributed by atoms with Crippen molar-refractivity contribution in [2.24, 2.45) is 0 Å². The molecule has 1 fully saturated rings. The maximum absolute atomic E-state index is 8.89. The average molecular weight is 293 g/mol. The Morgan fingerprint density at radius 2 is 2.27 bits per heavy atom. The van der Waals surface area contributed by atoms with Crippen LogP contribution < -0.4 is 0 Å². The van der Waals surface area contributed by atoms with Crippen molar-refractivity contribution in [3.8, 4) is 6.07 Å². The fourth-order valence-corrected chi connectivity index (χ4v) is 2.97. The number of nitrogens with zero attached hydrogens (tertiary/aromatic N) is 7. The van der Waals surface area contributed by atoms with Gasteiger partial charge in [0.15, 0.2) is 11.5 Å². The van der Waals surface area contributed by atoms with Crippen molar-refractivity contribution in [2.75, 3.05) is 13.1 Å². The molecular formula is C15H15N7. The molecule has 1 atom stereocenters. The third-order valence-electron chi connectivity index (χ3n) is 4.10. The Morgan fingerprint density at radius 3 is 3.14 bits per heavy atom. The lowest BCUT2D eigenvalue weighted by Crippen LogP contribution is -2.22. The van der Waals surface area contributed by atoms with Gasteiger partial charge >= 0.3 is 0 Å². The van der Waals surface area contributed by atoms with E-state index in [0.29, 0.717) is 11.6 Å². The van der Waals surface area contributed by atoms with Gasteiger partial charge in [0.05, 0.1) is 24.3 Å². The second-order valence-electron chi connectivity index (χ2n) is 5.54. The zero-order chi connectivity index (χ0) is 14.9. The molecule has 1 aliphatic heterocycles. The number of hydrogen-bond donors (Lipinski definition) is 0. The summed E-state index contributed by atoms with van der Waals surface area (Å²) in [6, 6.07) is 8.34. The second kappa shape index (κ2) is 5.24. The Labute approximate surface area is 127 Å². The van der Waals surface area contributed by atoms with Crippen LogP contribution in [-0.4, -0.2) is 42.4 Å². The van der Waals surface area contributed by atoms with Crippen LogP contribution in [0.2, 0.25) is 0 Å². The first kappa shape index (κ1) is 13.0. The molecule has 22 heavy (non-hydrogen) atoms. The zero-order valence-electron chi connectivity index (χ0n) is 12.0. The fraction of sp³-hybridized carbons (Fsp3) is 0.333. The molecule has 7 heteroatoms. The van der Waals surface area contributed by atoms with E-state index in [1.807, 2.05) is 39.7 Å². The Hall–Kier alpha value is -2.72. The summed E-state index contributed by atoms with van der Waals surface area (Å²) in [6.07, 6.45) is 6.46. The summed E-state index contributed by atoms with van der Waals surface area (Å²) in [7, 11) is 0. The molecule has 1 unspecified atom stereocenters. The van der Waals surface area contributed by atoms with Crippen molar-refractivity contribution >= 4 is 5.65 Å². The molecule has 0 aliphatic carbocycles. The fourth-order valence-electron chi connectivity index (χ4n) is 2.97. The minimum atomic E-state index is 0.321. The van der Waals surface area contributed by atoms with Crippen LogP contribution in [0.4, 0.5) is 0 Å². The number of aromatic nitrogens is 5. The van der Waals surface area contributed by atoms with Gasteiger partial charge in [0.25, 0.3) is 0 Å². The van der Waals surface area contributed by atoms with Crippen LogP contribution >= 0.6 is 0 Å². The van der Waals surface area contributed by atoms with Crippen molar-refractivity contribution in [3.05, 3.63) is 48.2 Å². The van der Waals surface area contributed by atoms with Crippen molar-refractivity contribution in [1.82, 2.24) is 29.3 Å². The highest BCUT2D eigenvalue weighted by molar-refractivity contribution is 5.36. The number of fused-ring (bicyclic) bond motifs is 1. The van der Waals surface area contributed by atoms with Gasteiger partial charge in [-0.1, -0.05) is 6.07 Å². The van der Waals surface area contributed by atoms with Gasteiger partial charge in [-0.25, -0.2) is 0 Å². The van der Waals surface area contributed by atoms with E-state index >= 15 is 0 Å². The van der Waals surface area contributed by atoms with E-state index in [2.05, 4.69) is 26.3 Å². The van der Waals surface area contributed by atoms with E-state index in [-0.39, 0.29) is 0 Å². The molecule has 4 heterocycles. The smallest absolute Gasteiger partial charge is 0.160 e. The molecule has 4 rings (SSSR count). The van der Waals surface area contributed by atoms with E-state index in [9.17, 15) is 0 Å². The van der Waals surface area contributed by atoms with E-state index < -0.39 is 0 Å². The van der Waals surface area contributed by atoms with Gasteiger partial charge in [0.1, 0.15) is 6.07 Å². The molecule has 0 saturated carbocycles. The standard InChI is InChI=1S/C15H15N7/c16-7-12-8-17-22(9-12)13-4-6-20(10-13)11-15-19-18-14-3-1-2-5-21(14)15/h1-3,5,8-9,13H,4,6,10-11H2. The van der Waals surface area contributed by atoms with Gasteiger partial charge in [-0.2, -0.15) is 10.4 Å². The highest BCUT2D eigenvalue weighted by atomic mass is 15.3. The SMILES string of the molecule is N#Cc1cnn(C2CCN(Cc3nnc4ccccn34)C2)c1. The first-order valence-electron chi connectivity index (χ1n) is 7.29. The van der Waals surface area contributed by atoms with Crippen LogP contribution in [0.25, 0.3) is 5.65 Å². The lowest BCUT2D eigenvalue weighted by Gasteiger charge is -2.15. The second-order valence-corrected chi connectivity index (χ2v) is 5.54. The van der Waals surface area contributed by atoms with Gasteiger partial charge in [0, 0.05) is 25.5 Å². The summed E-state index contributed by atoms with van der Waals surface area (Å²) in [5.41, 5.74) is 1.49. The van der Waals surface area contributed by atoms with Crippen molar-refractivity contribution in [3.63, 3.8) is 0 Å². The molecule has 0 spiro atoms. The van der Waals surface area contributed by atoms with Crippen molar-refractivity contribution in [2.45, 2.75) is 19.0 Å². The van der Waals surface area contributed by atoms with Crippen LogP contribution in [0.1, 0.15) is 23.9 Å². The van der Waals surface area contributed by atoms with Gasteiger partial charge in [-0.15, -0.1) is 10.2 Å². The van der Waals surface area contributed by atoms with E-state index in [0.717, 1.165) is 37.5 Å². The molecule has 0 bridgehead atoms. The summed E-state index contributed by atoms with van der Waals surface area (Å²) in [4.78, 5) is 2.35. The Bertz CT molecular complexity index is 841. The largest absolute Gasteiger partial charge is 0.294 e. The van der Waals surface area contributed by atoms with Crippen LogP contribution in [-0.2, 0) is 6.54 Å². The summed E-state index contributed by atoms with van der Waals surface area (Å²) in [5, 5.41) is 21.6. The topological polar surface area (TPSA) is 75.0 Å². The average Bonchev–Trinajstić information content (AvgIpc) is 3.27. The zero-order valence-corrected chi connectivity index (χ0v) is 12.0. The predicted octanol–water partition coefficient (Wildman–Crippen LogP) is 1.24. The summed E-state index contributed by atoms with van der Waals surface area (Å²) < 4.78 is 3.93. The van der Waals surface area contributed by atoms with Gasteiger partial charge in [0.2, 0.25) is 0 Å². The molecule has 0 radical (unpaired) electrons. The lowest BCUT2D eigenvalue weighted by molar-refractivity contribution is 0.303. The molecule has 3 aromatic heterocycles. The number of pyridine rings is 1. The van der Waals surface area contributed by atoms with Gasteiger partial charge < -0.3 is 0 Å². The van der Waals surface area contributed by atoms with E-state index in [1.54, 1.807) is 6.20 Å². The Morgan fingerprint density at radius 1 is 1.32 bits per heavy atom. The van der Waals surface area contributed by atoms with Crippen LogP contribution in [0.3, 0.4) is 0 Å². The number of likely N-dealkylation sites (tertiary alicyclic amines) is 1. The van der Waals surface area contributed by atoms with Crippen LogP contribution in [0.15, 0.2) is 36.8 Å². The first-order chi connectivity index (χ1) is 10.8. The van der Waals surface area contributed by atoms with Crippen LogP contribution in [0.5, 0.6) is 0 Å². The van der Waals surface area contributed by atoms with Crippen molar-refractivity contribution < 1.29 is 0 Å². The lowest BCUT2D eigenvalue weighted by atomic mass is 10.3. The number of nitriles is 1. The summed E-state index contributed by atoms with van der Waals surface area (Å²) in [6.45, 7) is 2.68. The summed E-state index contributed by atoms with van der Waals surface area (Å²) in [5.74, 6) is 0.953. The highest BCUT2D eigenvalue weighted by Crippen LogP contribution is 2.22. The monoisotopic (exact) mass is 293 g/mol. The molecular weight excluding hydrogens is 278 g/mol. The third kappa shape index (κ3) is 2.23.